The van der Waals surface area contributed by atoms with Gasteiger partial charge in [-0.3, -0.25) is 14.4 Å². The number of nitrogens with zero attached hydrogens (tertiary/aromatic N) is 5. The van der Waals surface area contributed by atoms with Crippen LogP contribution in [0, 0.1) is 0 Å². The largest absolute Gasteiger partial charge is 0.437 e. The summed E-state index contributed by atoms with van der Waals surface area (Å²) >= 11 is 6.51. The predicted molar refractivity (Wildman–Crippen MR) is 163 cm³/mol. The Bertz CT molecular complexity index is 1950. The van der Waals surface area contributed by atoms with Gasteiger partial charge in [-0.05, 0) is 73.0 Å². The van der Waals surface area contributed by atoms with Crippen LogP contribution in [0.3, 0.4) is 0 Å². The molecule has 0 bridgehead atoms. The molecule has 1 unspecified atom stereocenters. The van der Waals surface area contributed by atoms with E-state index >= 15 is 0 Å². The van der Waals surface area contributed by atoms with Crippen LogP contribution < -0.4 is 16.2 Å². The molecule has 11 nitrogen and oxygen atoms in total. The maximum Gasteiger partial charge on any atom is 0.437 e. The molecule has 1 atom stereocenters. The van der Waals surface area contributed by atoms with Gasteiger partial charge in [0, 0.05) is 48.0 Å². The first-order valence-electron chi connectivity index (χ1n) is 13.9. The van der Waals surface area contributed by atoms with Crippen molar-refractivity contribution in [3.05, 3.63) is 106 Å². The van der Waals surface area contributed by atoms with Gasteiger partial charge in [0.25, 0.3) is 11.5 Å². The van der Waals surface area contributed by atoms with Crippen LogP contribution in [0.15, 0.2) is 82.7 Å². The van der Waals surface area contributed by atoms with E-state index < -0.39 is 35.3 Å². The highest BCUT2D eigenvalue weighted by Gasteiger charge is 2.40. The van der Waals surface area contributed by atoms with Crippen LogP contribution in [0.25, 0.3) is 22.5 Å². The van der Waals surface area contributed by atoms with Crippen molar-refractivity contribution >= 4 is 29.1 Å². The number of hydrogen-bond acceptors (Lipinski definition) is 7. The molecule has 46 heavy (non-hydrogen) atoms. The van der Waals surface area contributed by atoms with Gasteiger partial charge in [0.1, 0.15) is 24.2 Å². The minimum Gasteiger partial charge on any atom is -0.363 e. The molecule has 2 aromatic carbocycles. The Morgan fingerprint density at radius 2 is 1.72 bits per heavy atom. The van der Waals surface area contributed by atoms with E-state index in [2.05, 4.69) is 30.5 Å². The van der Waals surface area contributed by atoms with Crippen LogP contribution in [0.5, 0.6) is 0 Å². The number of carbonyl (C=O) groups is 2. The van der Waals surface area contributed by atoms with Crippen molar-refractivity contribution in [1.82, 2.24) is 29.8 Å². The SMILES string of the molecule is CC(C)n1cc(-c2ccc(Cl)c(CC(NC(=O)c3conc3C(F)(F)F)C(=O)Nc3ccc(-c4nncn4C)cc3)c2)ccc1=O. The molecular formula is C31H27ClF3N7O4. The highest BCUT2D eigenvalue weighted by molar-refractivity contribution is 6.31. The molecule has 0 spiro atoms. The maximum absolute atomic E-state index is 13.6. The number of aryl methyl sites for hydroxylation is 1. The number of hydrogen-bond donors (Lipinski definition) is 2. The first-order valence-corrected chi connectivity index (χ1v) is 14.3. The number of nitrogens with one attached hydrogen (secondary N) is 2. The van der Waals surface area contributed by atoms with Crippen molar-refractivity contribution in [2.45, 2.75) is 38.5 Å². The number of aromatic nitrogens is 5. The van der Waals surface area contributed by atoms with E-state index in [0.29, 0.717) is 34.5 Å². The van der Waals surface area contributed by atoms with Crippen molar-refractivity contribution in [3.63, 3.8) is 0 Å². The van der Waals surface area contributed by atoms with E-state index in [9.17, 15) is 27.6 Å². The zero-order chi connectivity index (χ0) is 33.2. The lowest BCUT2D eigenvalue weighted by atomic mass is 9.99. The third-order valence-electron chi connectivity index (χ3n) is 7.12. The van der Waals surface area contributed by atoms with Gasteiger partial charge in [0.05, 0.1) is 0 Å². The monoisotopic (exact) mass is 653 g/mol. The van der Waals surface area contributed by atoms with Crippen molar-refractivity contribution in [3.8, 4) is 22.5 Å². The van der Waals surface area contributed by atoms with E-state index in [0.717, 1.165) is 5.56 Å². The number of halogens is 4. The summed E-state index contributed by atoms with van der Waals surface area (Å²) in [4.78, 5) is 39.0. The van der Waals surface area contributed by atoms with Crippen molar-refractivity contribution in [2.24, 2.45) is 7.05 Å². The number of rotatable bonds is 9. The summed E-state index contributed by atoms with van der Waals surface area (Å²) in [5.41, 5.74) is 0.271. The second-order valence-electron chi connectivity index (χ2n) is 10.7. The number of anilines is 1. The van der Waals surface area contributed by atoms with Crippen LogP contribution in [-0.4, -0.2) is 42.3 Å². The number of amides is 2. The average Bonchev–Trinajstić information content (AvgIpc) is 3.68. The van der Waals surface area contributed by atoms with Crippen LogP contribution in [0.4, 0.5) is 18.9 Å². The van der Waals surface area contributed by atoms with Crippen molar-refractivity contribution < 1.29 is 27.3 Å². The van der Waals surface area contributed by atoms with Gasteiger partial charge >= 0.3 is 6.18 Å². The smallest absolute Gasteiger partial charge is 0.363 e. The Morgan fingerprint density at radius 1 is 1.02 bits per heavy atom. The molecule has 3 aromatic heterocycles. The fourth-order valence-corrected chi connectivity index (χ4v) is 4.93. The summed E-state index contributed by atoms with van der Waals surface area (Å²) in [5, 5.41) is 16.1. The molecular weight excluding hydrogens is 627 g/mol. The van der Waals surface area contributed by atoms with E-state index in [1.54, 1.807) is 77.2 Å². The maximum atomic E-state index is 13.6. The minimum atomic E-state index is -4.97. The number of pyridine rings is 1. The summed E-state index contributed by atoms with van der Waals surface area (Å²) in [5.74, 6) is -1.35. The quantitative estimate of drug-likeness (QED) is 0.213. The third kappa shape index (κ3) is 7.01. The van der Waals surface area contributed by atoms with Gasteiger partial charge in [-0.2, -0.15) is 13.2 Å². The van der Waals surface area contributed by atoms with Gasteiger partial charge < -0.3 is 24.3 Å². The van der Waals surface area contributed by atoms with E-state index in [-0.39, 0.29) is 23.0 Å². The molecule has 0 aliphatic carbocycles. The first-order chi connectivity index (χ1) is 21.8. The molecule has 15 heteroatoms. The van der Waals surface area contributed by atoms with Gasteiger partial charge in [-0.25, -0.2) is 0 Å². The summed E-state index contributed by atoms with van der Waals surface area (Å²) in [6, 6.07) is 13.2. The molecule has 238 valence electrons. The number of carbonyl (C=O) groups excluding carboxylic acids is 2. The average molecular weight is 654 g/mol. The number of alkyl halides is 3. The highest BCUT2D eigenvalue weighted by Crippen LogP contribution is 2.31. The zero-order valence-corrected chi connectivity index (χ0v) is 25.4. The molecule has 0 saturated carbocycles. The molecule has 0 aliphatic heterocycles. The summed E-state index contributed by atoms with van der Waals surface area (Å²) in [7, 11) is 1.78. The molecule has 3 heterocycles. The summed E-state index contributed by atoms with van der Waals surface area (Å²) < 4.78 is 48.1. The van der Waals surface area contributed by atoms with Gasteiger partial charge in [-0.15, -0.1) is 10.2 Å². The molecule has 0 saturated heterocycles. The lowest BCUT2D eigenvalue weighted by Gasteiger charge is -2.20. The van der Waals surface area contributed by atoms with Crippen molar-refractivity contribution in [2.75, 3.05) is 5.32 Å². The number of benzene rings is 2. The summed E-state index contributed by atoms with van der Waals surface area (Å²) in [6.07, 6.45) is -1.36. The minimum absolute atomic E-state index is 0.101. The Labute approximate surface area is 265 Å². The predicted octanol–water partition coefficient (Wildman–Crippen LogP) is 5.53. The molecule has 0 fully saturated rings. The Balaban J connectivity index is 1.45. The molecule has 0 aliphatic rings. The molecule has 5 rings (SSSR count). The van der Waals surface area contributed by atoms with Crippen LogP contribution in [-0.2, 0) is 24.4 Å². The first kappa shape index (κ1) is 32.2. The zero-order valence-electron chi connectivity index (χ0n) is 24.7. The molecule has 0 radical (unpaired) electrons. The Hall–Kier alpha value is -5.24. The second-order valence-corrected chi connectivity index (χ2v) is 11.1. The molecule has 5 aromatic rings. The Kier molecular flexibility index (Phi) is 9.10. The topological polar surface area (TPSA) is 137 Å². The van der Waals surface area contributed by atoms with Crippen molar-refractivity contribution in [1.29, 1.82) is 0 Å². The van der Waals surface area contributed by atoms with Gasteiger partial charge in [-0.1, -0.05) is 22.8 Å². The molecule has 2 amide bonds. The van der Waals surface area contributed by atoms with Crippen LogP contribution >= 0.6 is 11.6 Å². The van der Waals surface area contributed by atoms with Crippen LogP contribution in [0.1, 0.15) is 41.5 Å². The second kappa shape index (κ2) is 13.0. The van der Waals surface area contributed by atoms with Gasteiger partial charge in [0.15, 0.2) is 11.5 Å². The van der Waals surface area contributed by atoms with Gasteiger partial charge in [0.2, 0.25) is 5.91 Å². The Morgan fingerprint density at radius 3 is 2.37 bits per heavy atom. The fourth-order valence-electron chi connectivity index (χ4n) is 4.73. The van der Waals surface area contributed by atoms with E-state index in [1.165, 1.54) is 6.07 Å². The van der Waals surface area contributed by atoms with E-state index in [4.69, 9.17) is 11.6 Å². The molecule has 2 N–H and O–H groups in total. The summed E-state index contributed by atoms with van der Waals surface area (Å²) in [6.45, 7) is 3.74. The standard InChI is InChI=1S/C31H27ClF3N7O4/c1-17(2)42-14-20(7-11-26(42)43)19-6-10-24(32)21(12-19)13-25(38-29(44)23-15-46-40-27(23)31(33,34)35)30(45)37-22-8-4-18(5-9-22)28-39-36-16-41(28)3/h4-12,14-17,25H,13H2,1-3H3,(H,37,45)(H,38,44). The lowest BCUT2D eigenvalue weighted by Crippen LogP contribution is -2.45. The third-order valence-corrected chi connectivity index (χ3v) is 7.49. The lowest BCUT2D eigenvalue weighted by molar-refractivity contribution is -0.143. The normalized spacial score (nSPS) is 12.3. The van der Waals surface area contributed by atoms with E-state index in [1.807, 2.05) is 13.8 Å². The fraction of sp³-hybridized carbons (Fsp3) is 0.226. The van der Waals surface area contributed by atoms with Crippen LogP contribution in [0.2, 0.25) is 5.02 Å². The highest BCUT2D eigenvalue weighted by atomic mass is 35.5.